The maximum absolute atomic E-state index is 13.4. The lowest BCUT2D eigenvalue weighted by Gasteiger charge is -2.32. The van der Waals surface area contributed by atoms with Crippen LogP contribution in [0.25, 0.3) is 0 Å². The molecular formula is C15H21FN2O2. The molecule has 0 aromatic heterocycles. The van der Waals surface area contributed by atoms with E-state index < -0.39 is 5.97 Å². The number of likely N-dealkylation sites (tertiary alicyclic amines) is 1. The second-order valence-corrected chi connectivity index (χ2v) is 5.19. The van der Waals surface area contributed by atoms with E-state index >= 15 is 0 Å². The van der Waals surface area contributed by atoms with Crippen LogP contribution in [0.5, 0.6) is 0 Å². The summed E-state index contributed by atoms with van der Waals surface area (Å²) in [6.45, 7) is 1.78. The van der Waals surface area contributed by atoms with Crippen molar-refractivity contribution in [3.05, 3.63) is 29.6 Å². The van der Waals surface area contributed by atoms with Crippen molar-refractivity contribution in [2.24, 2.45) is 0 Å². The first-order valence-corrected chi connectivity index (χ1v) is 6.94. The Labute approximate surface area is 118 Å². The topological polar surface area (TPSA) is 41.6 Å². The molecule has 110 valence electrons. The first kappa shape index (κ1) is 14.8. The van der Waals surface area contributed by atoms with Crippen LogP contribution in [0.1, 0.15) is 29.6 Å². The maximum atomic E-state index is 13.4. The zero-order valence-electron chi connectivity index (χ0n) is 12.0. The number of piperidine rings is 1. The molecule has 0 spiro atoms. The van der Waals surface area contributed by atoms with Crippen LogP contribution in [-0.4, -0.2) is 44.2 Å². The van der Waals surface area contributed by atoms with Gasteiger partial charge in [-0.25, -0.2) is 9.18 Å². The summed E-state index contributed by atoms with van der Waals surface area (Å²) < 4.78 is 18.1. The molecule has 1 unspecified atom stereocenters. The normalized spacial score (nSPS) is 19.6. The van der Waals surface area contributed by atoms with Crippen molar-refractivity contribution >= 4 is 11.7 Å². The van der Waals surface area contributed by atoms with Crippen molar-refractivity contribution in [3.8, 4) is 0 Å². The highest BCUT2D eigenvalue weighted by Gasteiger charge is 2.20. The predicted octanol–water partition coefficient (Wildman–Crippen LogP) is 2.51. The number of carbonyl (C=O) groups excluding carboxylic acids is 1. The molecule has 1 saturated heterocycles. The first-order chi connectivity index (χ1) is 9.61. The van der Waals surface area contributed by atoms with Crippen molar-refractivity contribution < 1.29 is 13.9 Å². The molecule has 2 rings (SSSR count). The first-order valence-electron chi connectivity index (χ1n) is 6.94. The standard InChI is InChI=1S/C15H21FN2O2/c1-18-8-4-3-5-12(18)10-17-14-9-11(16)6-7-13(14)15(19)20-2/h6-7,9,12,17H,3-5,8,10H2,1-2H3. The lowest BCUT2D eigenvalue weighted by molar-refractivity contribution is 0.0601. The largest absolute Gasteiger partial charge is 0.465 e. The van der Waals surface area contributed by atoms with Gasteiger partial charge in [0, 0.05) is 12.6 Å². The van der Waals surface area contributed by atoms with Gasteiger partial charge in [-0.05, 0) is 44.6 Å². The Kier molecular flexibility index (Phi) is 4.95. The highest BCUT2D eigenvalue weighted by Crippen LogP contribution is 2.20. The number of esters is 1. The molecule has 1 heterocycles. The van der Waals surface area contributed by atoms with E-state index in [9.17, 15) is 9.18 Å². The van der Waals surface area contributed by atoms with Crippen LogP contribution < -0.4 is 5.32 Å². The van der Waals surface area contributed by atoms with Crippen LogP contribution in [0.2, 0.25) is 0 Å². The fraction of sp³-hybridized carbons (Fsp3) is 0.533. The van der Waals surface area contributed by atoms with Gasteiger partial charge in [-0.15, -0.1) is 0 Å². The Bertz CT molecular complexity index is 479. The minimum Gasteiger partial charge on any atom is -0.465 e. The zero-order chi connectivity index (χ0) is 14.5. The Hall–Kier alpha value is -1.62. The van der Waals surface area contributed by atoms with Crippen LogP contribution in [-0.2, 0) is 4.74 Å². The minimum atomic E-state index is -0.454. The van der Waals surface area contributed by atoms with Crippen LogP contribution in [0.3, 0.4) is 0 Å². The molecule has 20 heavy (non-hydrogen) atoms. The molecule has 5 heteroatoms. The number of rotatable bonds is 4. The SMILES string of the molecule is COC(=O)c1ccc(F)cc1NCC1CCCCN1C. The minimum absolute atomic E-state index is 0.364. The molecule has 1 aliphatic heterocycles. The molecule has 1 N–H and O–H groups in total. The van der Waals surface area contributed by atoms with E-state index in [2.05, 4.69) is 17.3 Å². The van der Waals surface area contributed by atoms with E-state index in [0.29, 0.717) is 23.8 Å². The fourth-order valence-corrected chi connectivity index (χ4v) is 2.58. The van der Waals surface area contributed by atoms with Crippen LogP contribution in [0.15, 0.2) is 18.2 Å². The average Bonchev–Trinajstić information content (AvgIpc) is 2.46. The molecule has 1 aromatic rings. The summed E-state index contributed by atoms with van der Waals surface area (Å²) in [5.41, 5.74) is 0.864. The molecule has 1 atom stereocenters. The van der Waals surface area contributed by atoms with Gasteiger partial charge < -0.3 is 15.0 Å². The monoisotopic (exact) mass is 280 g/mol. The third-order valence-corrected chi connectivity index (χ3v) is 3.84. The third-order valence-electron chi connectivity index (χ3n) is 3.84. The summed E-state index contributed by atoms with van der Waals surface area (Å²) in [5.74, 6) is -0.818. The van der Waals surface area contributed by atoms with Gasteiger partial charge in [0.05, 0.1) is 18.4 Å². The summed E-state index contributed by atoms with van der Waals surface area (Å²) in [7, 11) is 3.42. The van der Waals surface area contributed by atoms with Crippen molar-refractivity contribution in [1.82, 2.24) is 4.90 Å². The Morgan fingerprint density at radius 3 is 3.00 bits per heavy atom. The number of hydrogen-bond donors (Lipinski definition) is 1. The number of anilines is 1. The van der Waals surface area contributed by atoms with Crippen molar-refractivity contribution in [2.75, 3.05) is 32.6 Å². The van der Waals surface area contributed by atoms with Gasteiger partial charge in [0.2, 0.25) is 0 Å². The summed E-state index contributed by atoms with van der Waals surface area (Å²) in [6, 6.07) is 4.48. The number of ether oxygens (including phenoxy) is 1. The Morgan fingerprint density at radius 2 is 2.30 bits per heavy atom. The van der Waals surface area contributed by atoms with Gasteiger partial charge in [-0.3, -0.25) is 0 Å². The number of benzene rings is 1. The number of nitrogens with one attached hydrogen (secondary N) is 1. The number of halogens is 1. The van der Waals surface area contributed by atoms with Gasteiger partial charge in [0.25, 0.3) is 0 Å². The highest BCUT2D eigenvalue weighted by molar-refractivity contribution is 5.95. The molecule has 1 fully saturated rings. The lowest BCUT2D eigenvalue weighted by Crippen LogP contribution is -2.40. The molecule has 0 amide bonds. The van der Waals surface area contributed by atoms with Gasteiger partial charge >= 0.3 is 5.97 Å². The maximum Gasteiger partial charge on any atom is 0.339 e. The second-order valence-electron chi connectivity index (χ2n) is 5.19. The second kappa shape index (κ2) is 6.70. The third kappa shape index (κ3) is 3.48. The molecule has 4 nitrogen and oxygen atoms in total. The average molecular weight is 280 g/mol. The van der Waals surface area contributed by atoms with E-state index in [0.717, 1.165) is 13.0 Å². The number of likely N-dealkylation sites (N-methyl/N-ethyl adjacent to an activating group) is 1. The van der Waals surface area contributed by atoms with E-state index in [1.54, 1.807) is 0 Å². The number of nitrogens with zero attached hydrogens (tertiary/aromatic N) is 1. The highest BCUT2D eigenvalue weighted by atomic mass is 19.1. The van der Waals surface area contributed by atoms with Crippen molar-refractivity contribution in [2.45, 2.75) is 25.3 Å². The van der Waals surface area contributed by atoms with Gasteiger partial charge in [-0.1, -0.05) is 6.42 Å². The van der Waals surface area contributed by atoms with E-state index in [1.807, 2.05) is 0 Å². The van der Waals surface area contributed by atoms with Crippen molar-refractivity contribution in [1.29, 1.82) is 0 Å². The van der Waals surface area contributed by atoms with Crippen LogP contribution >= 0.6 is 0 Å². The zero-order valence-corrected chi connectivity index (χ0v) is 12.0. The van der Waals surface area contributed by atoms with Gasteiger partial charge in [0.1, 0.15) is 5.82 Å². The summed E-state index contributed by atoms with van der Waals surface area (Å²) in [6.07, 6.45) is 3.55. The molecule has 0 aliphatic carbocycles. The van der Waals surface area contributed by atoms with E-state index in [4.69, 9.17) is 4.74 Å². The number of carbonyl (C=O) groups is 1. The fourth-order valence-electron chi connectivity index (χ4n) is 2.58. The quantitative estimate of drug-likeness (QED) is 0.861. The number of methoxy groups -OCH3 is 1. The summed E-state index contributed by atoms with van der Waals surface area (Å²) in [5, 5.41) is 3.19. The van der Waals surface area contributed by atoms with E-state index in [1.165, 1.54) is 38.2 Å². The molecule has 0 bridgehead atoms. The van der Waals surface area contributed by atoms with E-state index in [-0.39, 0.29) is 5.82 Å². The van der Waals surface area contributed by atoms with Gasteiger partial charge in [-0.2, -0.15) is 0 Å². The molecular weight excluding hydrogens is 259 g/mol. The summed E-state index contributed by atoms with van der Waals surface area (Å²) in [4.78, 5) is 14.0. The smallest absolute Gasteiger partial charge is 0.339 e. The molecule has 0 saturated carbocycles. The van der Waals surface area contributed by atoms with Crippen LogP contribution in [0.4, 0.5) is 10.1 Å². The Balaban J connectivity index is 2.07. The molecule has 1 aliphatic rings. The molecule has 0 radical (unpaired) electrons. The van der Waals surface area contributed by atoms with Crippen molar-refractivity contribution in [3.63, 3.8) is 0 Å². The predicted molar refractivity (Wildman–Crippen MR) is 76.5 cm³/mol. The number of hydrogen-bond acceptors (Lipinski definition) is 4. The lowest BCUT2D eigenvalue weighted by atomic mass is 10.0. The molecule has 1 aromatic carbocycles. The van der Waals surface area contributed by atoms with Crippen LogP contribution in [0, 0.1) is 5.82 Å². The summed E-state index contributed by atoms with van der Waals surface area (Å²) >= 11 is 0. The van der Waals surface area contributed by atoms with Gasteiger partial charge in [0.15, 0.2) is 0 Å². The Morgan fingerprint density at radius 1 is 1.50 bits per heavy atom.